The Morgan fingerprint density at radius 1 is 1.07 bits per heavy atom. The average molecular weight is 356 g/mol. The van der Waals surface area contributed by atoms with Crippen LogP contribution in [0.4, 0.5) is 5.69 Å². The number of carbonyl (C=O) groups is 1. The number of pyridine rings is 1. The highest BCUT2D eigenvalue weighted by Crippen LogP contribution is 2.28. The predicted molar refractivity (Wildman–Crippen MR) is 107 cm³/mol. The number of benzene rings is 2. The highest BCUT2D eigenvalue weighted by atomic mass is 16.1. The number of H-pyrrole nitrogens is 1. The number of carbonyl (C=O) groups excluding carboxylic acids is 1. The number of anilines is 1. The molecular formula is C22H20N4O. The Hall–Kier alpha value is -3.47. The molecule has 5 nitrogen and oxygen atoms in total. The first-order valence-corrected chi connectivity index (χ1v) is 8.94. The van der Waals surface area contributed by atoms with Crippen LogP contribution in [0.3, 0.4) is 0 Å². The minimum atomic E-state index is -0.000316. The third-order valence-electron chi connectivity index (χ3n) is 4.66. The van der Waals surface area contributed by atoms with Crippen LogP contribution in [0.25, 0.3) is 22.2 Å². The lowest BCUT2D eigenvalue weighted by atomic mass is 9.97. The summed E-state index contributed by atoms with van der Waals surface area (Å²) in [7, 11) is 0. The van der Waals surface area contributed by atoms with E-state index in [2.05, 4.69) is 39.6 Å². The Kier molecular flexibility index (Phi) is 4.66. The Morgan fingerprint density at radius 2 is 1.85 bits per heavy atom. The zero-order chi connectivity index (χ0) is 18.6. The van der Waals surface area contributed by atoms with Gasteiger partial charge in [0.1, 0.15) is 5.69 Å². The van der Waals surface area contributed by atoms with Crippen molar-refractivity contribution in [2.45, 2.75) is 19.3 Å². The van der Waals surface area contributed by atoms with E-state index in [-0.39, 0.29) is 11.8 Å². The van der Waals surface area contributed by atoms with Gasteiger partial charge in [0.15, 0.2) is 0 Å². The van der Waals surface area contributed by atoms with Gasteiger partial charge >= 0.3 is 0 Å². The van der Waals surface area contributed by atoms with Gasteiger partial charge in [0.25, 0.3) is 0 Å². The summed E-state index contributed by atoms with van der Waals surface area (Å²) in [5, 5.41) is 11.4. The monoisotopic (exact) mass is 356 g/mol. The number of fused-ring (bicyclic) bond motifs is 1. The van der Waals surface area contributed by atoms with E-state index in [1.54, 1.807) is 12.4 Å². The number of nitrogens with zero attached hydrogens (tertiary/aromatic N) is 2. The summed E-state index contributed by atoms with van der Waals surface area (Å²) < 4.78 is 0. The summed E-state index contributed by atoms with van der Waals surface area (Å²) in [4.78, 5) is 16.5. The van der Waals surface area contributed by atoms with Crippen LogP contribution in [-0.2, 0) is 4.79 Å². The second kappa shape index (κ2) is 7.41. The van der Waals surface area contributed by atoms with Gasteiger partial charge in [0.05, 0.1) is 5.52 Å². The molecule has 2 N–H and O–H groups in total. The van der Waals surface area contributed by atoms with Crippen molar-refractivity contribution < 1.29 is 4.79 Å². The fourth-order valence-corrected chi connectivity index (χ4v) is 3.21. The van der Waals surface area contributed by atoms with E-state index in [1.807, 2.05) is 48.5 Å². The quantitative estimate of drug-likeness (QED) is 0.542. The van der Waals surface area contributed by atoms with Gasteiger partial charge in [-0.25, -0.2) is 0 Å². The molecule has 0 aliphatic heterocycles. The summed E-state index contributed by atoms with van der Waals surface area (Å²) in [6, 6.07) is 19.7. The molecule has 1 atom stereocenters. The Balaban J connectivity index is 1.53. The van der Waals surface area contributed by atoms with Crippen LogP contribution < -0.4 is 5.32 Å². The first-order valence-electron chi connectivity index (χ1n) is 8.94. The summed E-state index contributed by atoms with van der Waals surface area (Å²) in [6.07, 6.45) is 3.92. The zero-order valence-corrected chi connectivity index (χ0v) is 15.0. The smallest absolute Gasteiger partial charge is 0.224 e. The Labute approximate surface area is 157 Å². The fourth-order valence-electron chi connectivity index (χ4n) is 3.21. The first kappa shape index (κ1) is 17.0. The van der Waals surface area contributed by atoms with Gasteiger partial charge < -0.3 is 5.32 Å². The third-order valence-corrected chi connectivity index (χ3v) is 4.66. The van der Waals surface area contributed by atoms with Crippen LogP contribution in [0.5, 0.6) is 0 Å². The lowest BCUT2D eigenvalue weighted by Gasteiger charge is -2.12. The maximum Gasteiger partial charge on any atom is 0.224 e. The number of aromatic nitrogens is 3. The van der Waals surface area contributed by atoms with Crippen molar-refractivity contribution in [2.24, 2.45) is 0 Å². The van der Waals surface area contributed by atoms with Crippen LogP contribution in [-0.4, -0.2) is 21.1 Å². The molecule has 1 unspecified atom stereocenters. The summed E-state index contributed by atoms with van der Waals surface area (Å²) in [5.74, 6) is 0.163. The molecule has 0 bridgehead atoms. The molecule has 0 aliphatic rings. The topological polar surface area (TPSA) is 70.7 Å². The molecule has 1 amide bonds. The largest absolute Gasteiger partial charge is 0.326 e. The van der Waals surface area contributed by atoms with Crippen molar-refractivity contribution in [3.63, 3.8) is 0 Å². The lowest BCUT2D eigenvalue weighted by molar-refractivity contribution is -0.116. The molecule has 0 saturated carbocycles. The molecule has 2 aromatic carbocycles. The molecule has 2 heterocycles. The molecular weight excluding hydrogens is 336 g/mol. The number of hydrogen-bond donors (Lipinski definition) is 2. The highest BCUT2D eigenvalue weighted by Gasteiger charge is 2.13. The number of nitrogens with one attached hydrogen (secondary N) is 2. The summed E-state index contributed by atoms with van der Waals surface area (Å²) >= 11 is 0. The summed E-state index contributed by atoms with van der Waals surface area (Å²) in [6.45, 7) is 2.07. The second-order valence-corrected chi connectivity index (χ2v) is 6.63. The van der Waals surface area contributed by atoms with Crippen molar-refractivity contribution in [2.75, 3.05) is 5.32 Å². The van der Waals surface area contributed by atoms with Crippen molar-refractivity contribution in [3.8, 4) is 11.3 Å². The molecule has 0 fully saturated rings. The van der Waals surface area contributed by atoms with Crippen LogP contribution in [0.2, 0.25) is 0 Å². The molecule has 134 valence electrons. The predicted octanol–water partition coefficient (Wildman–Crippen LogP) is 4.76. The third kappa shape index (κ3) is 3.72. The minimum absolute atomic E-state index is 0.000316. The van der Waals surface area contributed by atoms with Crippen LogP contribution in [0.1, 0.15) is 24.8 Å². The molecule has 4 rings (SSSR count). The SMILES string of the molecule is CC(CC(=O)Nc1ccc2[nH]nc(-c3ccncc3)c2c1)c1ccccc1. The van der Waals surface area contributed by atoms with Crippen molar-refractivity contribution in [3.05, 3.63) is 78.6 Å². The van der Waals surface area contributed by atoms with Crippen molar-refractivity contribution >= 4 is 22.5 Å². The van der Waals surface area contributed by atoms with E-state index in [0.29, 0.717) is 6.42 Å². The number of aromatic amines is 1. The van der Waals surface area contributed by atoms with E-state index < -0.39 is 0 Å². The van der Waals surface area contributed by atoms with Gasteiger partial charge in [-0.05, 0) is 41.8 Å². The van der Waals surface area contributed by atoms with E-state index in [0.717, 1.165) is 33.4 Å². The number of hydrogen-bond acceptors (Lipinski definition) is 3. The van der Waals surface area contributed by atoms with E-state index in [9.17, 15) is 4.79 Å². The lowest BCUT2D eigenvalue weighted by Crippen LogP contribution is -2.14. The number of amides is 1. The Bertz CT molecular complexity index is 1060. The minimum Gasteiger partial charge on any atom is -0.326 e. The van der Waals surface area contributed by atoms with Crippen molar-refractivity contribution in [1.82, 2.24) is 15.2 Å². The van der Waals surface area contributed by atoms with Crippen LogP contribution in [0.15, 0.2) is 73.1 Å². The Morgan fingerprint density at radius 3 is 2.63 bits per heavy atom. The fraction of sp³-hybridized carbons (Fsp3) is 0.136. The van der Waals surface area contributed by atoms with E-state index >= 15 is 0 Å². The number of rotatable bonds is 5. The zero-order valence-electron chi connectivity index (χ0n) is 15.0. The van der Waals surface area contributed by atoms with Crippen LogP contribution in [0, 0.1) is 0 Å². The van der Waals surface area contributed by atoms with Gasteiger partial charge in [-0.2, -0.15) is 5.10 Å². The van der Waals surface area contributed by atoms with Gasteiger partial charge in [-0.15, -0.1) is 0 Å². The molecule has 2 aromatic heterocycles. The molecule has 0 saturated heterocycles. The van der Waals surface area contributed by atoms with Crippen molar-refractivity contribution in [1.29, 1.82) is 0 Å². The second-order valence-electron chi connectivity index (χ2n) is 6.63. The highest BCUT2D eigenvalue weighted by molar-refractivity contribution is 5.98. The van der Waals surface area contributed by atoms with Gasteiger partial charge in [-0.3, -0.25) is 14.9 Å². The van der Waals surface area contributed by atoms with Gasteiger partial charge in [0.2, 0.25) is 5.91 Å². The maximum atomic E-state index is 12.5. The molecule has 5 heteroatoms. The molecule has 0 spiro atoms. The molecule has 0 radical (unpaired) electrons. The standard InChI is InChI=1S/C22H20N4O/c1-15(16-5-3-2-4-6-16)13-21(27)24-18-7-8-20-19(14-18)22(26-25-20)17-9-11-23-12-10-17/h2-12,14-15H,13H2,1H3,(H,24,27)(H,25,26). The van der Waals surface area contributed by atoms with Gasteiger partial charge in [-0.1, -0.05) is 37.3 Å². The maximum absolute atomic E-state index is 12.5. The van der Waals surface area contributed by atoms with Crippen LogP contribution >= 0.6 is 0 Å². The van der Waals surface area contributed by atoms with E-state index in [1.165, 1.54) is 0 Å². The van der Waals surface area contributed by atoms with E-state index in [4.69, 9.17) is 0 Å². The summed E-state index contributed by atoms with van der Waals surface area (Å²) in [5.41, 5.74) is 4.69. The average Bonchev–Trinajstić information content (AvgIpc) is 3.12. The molecule has 27 heavy (non-hydrogen) atoms. The molecule has 0 aliphatic carbocycles. The molecule has 4 aromatic rings. The normalized spacial score (nSPS) is 12.0. The van der Waals surface area contributed by atoms with Gasteiger partial charge in [0, 0.05) is 35.5 Å². The first-order chi connectivity index (χ1) is 13.2.